The number of hydrogen-bond acceptors (Lipinski definition) is 6. The van der Waals surface area contributed by atoms with Gasteiger partial charge in [0.25, 0.3) is 0 Å². The fourth-order valence-corrected chi connectivity index (χ4v) is 10.1. The van der Waals surface area contributed by atoms with Crippen LogP contribution in [-0.4, -0.2) is 57.9 Å². The average molecular weight is 550 g/mol. The van der Waals surface area contributed by atoms with Crippen LogP contribution >= 0.6 is 11.8 Å². The summed E-state index contributed by atoms with van der Waals surface area (Å²) in [7, 11) is 0. The number of aliphatic hydroxyl groups is 1. The third-order valence-electron chi connectivity index (χ3n) is 11.0. The summed E-state index contributed by atoms with van der Waals surface area (Å²) in [5.41, 5.74) is -5.42. The molecule has 3 saturated carbocycles. The smallest absolute Gasteiger partial charge is 0.199 e. The molecule has 5 nitrogen and oxygen atoms in total. The number of thioether (sulfide) groups is 1. The van der Waals surface area contributed by atoms with Crippen molar-refractivity contribution in [2.75, 3.05) is 19.1 Å². The number of rotatable bonds is 4. The van der Waals surface area contributed by atoms with Gasteiger partial charge in [0, 0.05) is 24.4 Å². The normalized spacial score (nSPS) is 45.8. The molecule has 1 aromatic rings. The topological polar surface area (TPSA) is 70.8 Å². The first kappa shape index (κ1) is 26.4. The number of likely N-dealkylation sites (tertiary alicyclic amines) is 1. The summed E-state index contributed by atoms with van der Waals surface area (Å²) in [5, 5.41) is 11.3. The summed E-state index contributed by atoms with van der Waals surface area (Å²) < 4.78 is 52.5. The summed E-state index contributed by atoms with van der Waals surface area (Å²) in [5.74, 6) is -0.222. The van der Waals surface area contributed by atoms with Crippen LogP contribution in [0.25, 0.3) is 0 Å². The molecule has 4 aliphatic carbocycles. The van der Waals surface area contributed by atoms with Gasteiger partial charge in [0.15, 0.2) is 16.6 Å². The molecular weight excluding hydrogens is 515 g/mol. The Morgan fingerprint density at radius 3 is 2.71 bits per heavy atom. The van der Waals surface area contributed by atoms with Gasteiger partial charge in [-0.1, -0.05) is 24.8 Å². The van der Waals surface area contributed by atoms with E-state index in [0.29, 0.717) is 37.8 Å². The van der Waals surface area contributed by atoms with E-state index in [9.17, 15) is 19.1 Å². The van der Waals surface area contributed by atoms with Gasteiger partial charge in [-0.2, -0.15) is 0 Å². The molecule has 9 atom stereocenters. The highest BCUT2D eigenvalue weighted by atomic mass is 32.2. The zero-order chi connectivity index (χ0) is 27.3. The second kappa shape index (κ2) is 8.58. The zero-order valence-corrected chi connectivity index (χ0v) is 22.7. The lowest BCUT2D eigenvalue weighted by molar-refractivity contribution is -0.210. The highest BCUT2D eigenvalue weighted by Crippen LogP contribution is 2.75. The minimum atomic E-state index is -2.19. The van der Waals surface area contributed by atoms with Crippen molar-refractivity contribution in [2.45, 2.75) is 64.5 Å². The van der Waals surface area contributed by atoms with Crippen LogP contribution in [0.1, 0.15) is 44.6 Å². The molecule has 4 fully saturated rings. The molecular formula is C29H34F3NO4S. The fraction of sp³-hybridized carbons (Fsp3) is 0.655. The van der Waals surface area contributed by atoms with Gasteiger partial charge in [-0.3, -0.25) is 14.5 Å². The largest absolute Gasteiger partial charge is 0.465 e. The van der Waals surface area contributed by atoms with Gasteiger partial charge >= 0.3 is 0 Å². The van der Waals surface area contributed by atoms with Crippen molar-refractivity contribution >= 4 is 22.7 Å². The number of fused-ring (bicyclic) bond motifs is 7. The monoisotopic (exact) mass is 549 g/mol. The molecule has 1 aromatic heterocycles. The van der Waals surface area contributed by atoms with Crippen molar-refractivity contribution in [3.05, 3.63) is 47.5 Å². The molecule has 1 aliphatic heterocycles. The summed E-state index contributed by atoms with van der Waals surface area (Å²) in [4.78, 5) is 28.0. The van der Waals surface area contributed by atoms with E-state index in [-0.39, 0.29) is 41.1 Å². The highest BCUT2D eigenvalue weighted by molar-refractivity contribution is 8.13. The molecule has 0 spiro atoms. The Morgan fingerprint density at radius 1 is 1.26 bits per heavy atom. The van der Waals surface area contributed by atoms with Crippen LogP contribution in [0.15, 0.2) is 40.4 Å². The maximum atomic E-state index is 17.5. The molecule has 0 unspecified atom stereocenters. The average Bonchev–Trinajstić information content (AvgIpc) is 3.50. The van der Waals surface area contributed by atoms with Crippen molar-refractivity contribution in [1.29, 1.82) is 0 Å². The maximum Gasteiger partial charge on any atom is 0.199 e. The first-order valence-corrected chi connectivity index (χ1v) is 14.4. The first-order chi connectivity index (χ1) is 17.9. The SMILES string of the molecule is Cc1ccc(CN2C[C@@H]3C[C@H]4[C@@H]5C[C@H](F)C6=CC(=O)C=C[C@]6(C)[C@@]5(F)[C@@H](O)C[C@]4(C)[C@]3(C(=O)SCF)C2)o1. The summed E-state index contributed by atoms with van der Waals surface area (Å²) in [6, 6.07) is 2.93. The lowest BCUT2D eigenvalue weighted by Crippen LogP contribution is -2.69. The van der Waals surface area contributed by atoms with Gasteiger partial charge in [0.05, 0.1) is 18.1 Å². The Hall–Kier alpha value is -1.84. The van der Waals surface area contributed by atoms with E-state index < -0.39 is 46.1 Å². The molecule has 0 aromatic carbocycles. The van der Waals surface area contributed by atoms with Crippen LogP contribution < -0.4 is 0 Å². The second-order valence-electron chi connectivity index (χ2n) is 12.5. The number of alkyl halides is 3. The van der Waals surface area contributed by atoms with Crippen molar-refractivity contribution in [3.8, 4) is 0 Å². The van der Waals surface area contributed by atoms with Gasteiger partial charge in [-0.05, 0) is 80.2 Å². The lowest BCUT2D eigenvalue weighted by Gasteiger charge is -2.63. The number of allylic oxidation sites excluding steroid dienone is 4. The van der Waals surface area contributed by atoms with Crippen molar-refractivity contribution in [2.24, 2.45) is 34.0 Å². The number of ketones is 1. The van der Waals surface area contributed by atoms with E-state index in [2.05, 4.69) is 4.90 Å². The van der Waals surface area contributed by atoms with Gasteiger partial charge in [0.1, 0.15) is 23.7 Å². The molecule has 5 aliphatic rings. The van der Waals surface area contributed by atoms with Crippen LogP contribution in [-0.2, 0) is 16.1 Å². The van der Waals surface area contributed by atoms with E-state index in [1.807, 2.05) is 26.0 Å². The summed E-state index contributed by atoms with van der Waals surface area (Å²) in [6.45, 7) is 6.78. The minimum absolute atomic E-state index is 0.00899. The van der Waals surface area contributed by atoms with E-state index in [4.69, 9.17) is 4.42 Å². The van der Waals surface area contributed by atoms with Crippen molar-refractivity contribution in [3.63, 3.8) is 0 Å². The molecule has 0 radical (unpaired) electrons. The number of aryl methyl sites for hydroxylation is 1. The van der Waals surface area contributed by atoms with Crippen LogP contribution in [0.5, 0.6) is 0 Å². The minimum Gasteiger partial charge on any atom is -0.465 e. The van der Waals surface area contributed by atoms with Gasteiger partial charge in [0.2, 0.25) is 0 Å². The summed E-state index contributed by atoms with van der Waals surface area (Å²) >= 11 is 0.647. The number of hydrogen-bond donors (Lipinski definition) is 1. The van der Waals surface area contributed by atoms with E-state index in [1.165, 1.54) is 18.2 Å². The molecule has 9 heteroatoms. The van der Waals surface area contributed by atoms with Gasteiger partial charge in [-0.15, -0.1) is 0 Å². The van der Waals surface area contributed by atoms with Gasteiger partial charge in [-0.25, -0.2) is 13.2 Å². The number of furan rings is 1. The van der Waals surface area contributed by atoms with Crippen LogP contribution in [0, 0.1) is 40.9 Å². The van der Waals surface area contributed by atoms with Crippen LogP contribution in [0.3, 0.4) is 0 Å². The van der Waals surface area contributed by atoms with Crippen LogP contribution in [0.4, 0.5) is 13.2 Å². The Labute approximate surface area is 224 Å². The molecule has 38 heavy (non-hydrogen) atoms. The number of carbonyl (C=O) groups excluding carboxylic acids is 2. The predicted octanol–water partition coefficient (Wildman–Crippen LogP) is 5.12. The van der Waals surface area contributed by atoms with Crippen molar-refractivity contribution in [1.82, 2.24) is 4.90 Å². The maximum absolute atomic E-state index is 17.5. The third kappa shape index (κ3) is 3.21. The van der Waals surface area contributed by atoms with E-state index in [0.717, 1.165) is 11.5 Å². The predicted molar refractivity (Wildman–Crippen MR) is 137 cm³/mol. The Balaban J connectivity index is 1.41. The van der Waals surface area contributed by atoms with Crippen molar-refractivity contribution < 1.29 is 32.3 Å². The standard InChI is InChI=1S/C29H34F3NO4S/c1-16-4-5-19(37-16)13-33-12-17-8-20-21-10-23(31)22-9-18(34)6-7-26(22,2)29(21,32)24(35)11-27(20,3)28(17,14-33)25(36)38-15-30/h4-7,9,17,20-21,23-24,35H,8,10-15H2,1-3H3/t17-,20-,21-,23-,24-,26-,27-,28+,29-/m0/s1. The molecule has 6 rings (SSSR count). The second-order valence-corrected chi connectivity index (χ2v) is 13.4. The number of aliphatic hydroxyl groups excluding tert-OH is 1. The zero-order valence-electron chi connectivity index (χ0n) is 21.9. The molecule has 2 heterocycles. The number of carbonyl (C=O) groups is 2. The molecule has 0 amide bonds. The fourth-order valence-electron chi connectivity index (χ4n) is 9.30. The molecule has 0 bridgehead atoms. The molecule has 1 saturated heterocycles. The molecule has 206 valence electrons. The quantitative estimate of drug-likeness (QED) is 0.562. The molecule has 1 N–H and O–H groups in total. The number of halogens is 3. The van der Waals surface area contributed by atoms with E-state index >= 15 is 8.78 Å². The third-order valence-corrected chi connectivity index (χ3v) is 11.7. The van der Waals surface area contributed by atoms with E-state index in [1.54, 1.807) is 6.92 Å². The Morgan fingerprint density at radius 2 is 2.03 bits per heavy atom. The van der Waals surface area contributed by atoms with Crippen LogP contribution in [0.2, 0.25) is 0 Å². The highest BCUT2D eigenvalue weighted by Gasteiger charge is 2.78. The summed E-state index contributed by atoms with van der Waals surface area (Å²) in [6.07, 6.45) is 1.23. The Bertz CT molecular complexity index is 1250. The first-order valence-electron chi connectivity index (χ1n) is 13.4. The Kier molecular flexibility index (Phi) is 5.96. The lowest BCUT2D eigenvalue weighted by atomic mass is 9.43. The number of nitrogens with zero attached hydrogens (tertiary/aromatic N) is 1. The van der Waals surface area contributed by atoms with Gasteiger partial charge < -0.3 is 9.52 Å².